The molecule has 1 aliphatic heterocycles. The molecule has 1 amide bonds. The SMILES string of the molecule is Cc1ccc2nc(C)c(C(=O)N3CCN(Cc4nc(-c5cccc(C(F)(F)F)c5)no4)CC3)cc2c1. The number of amides is 1. The van der Waals surface area contributed by atoms with Crippen LogP contribution in [-0.4, -0.2) is 57.0 Å². The van der Waals surface area contributed by atoms with Crippen molar-refractivity contribution < 1.29 is 22.5 Å². The van der Waals surface area contributed by atoms with E-state index in [4.69, 9.17) is 4.52 Å². The number of rotatable bonds is 4. The Hall–Kier alpha value is -3.79. The lowest BCUT2D eigenvalue weighted by Gasteiger charge is -2.34. The molecule has 1 aliphatic rings. The number of aromatic nitrogens is 3. The molecule has 7 nitrogen and oxygen atoms in total. The quantitative estimate of drug-likeness (QED) is 0.402. The van der Waals surface area contributed by atoms with Gasteiger partial charge in [0.2, 0.25) is 11.7 Å². The van der Waals surface area contributed by atoms with Crippen molar-refractivity contribution in [2.45, 2.75) is 26.6 Å². The maximum atomic E-state index is 13.2. The first kappa shape index (κ1) is 23.9. The van der Waals surface area contributed by atoms with Crippen molar-refractivity contribution in [2.75, 3.05) is 26.2 Å². The van der Waals surface area contributed by atoms with E-state index >= 15 is 0 Å². The Balaban J connectivity index is 1.22. The van der Waals surface area contributed by atoms with Gasteiger partial charge in [0.1, 0.15) is 0 Å². The van der Waals surface area contributed by atoms with Crippen molar-refractivity contribution in [3.05, 3.63) is 76.8 Å². The Morgan fingerprint density at radius 3 is 2.53 bits per heavy atom. The first-order chi connectivity index (χ1) is 17.2. The molecule has 3 heterocycles. The summed E-state index contributed by atoms with van der Waals surface area (Å²) in [6.45, 7) is 6.46. The maximum Gasteiger partial charge on any atom is 0.416 e. The van der Waals surface area contributed by atoms with E-state index in [1.165, 1.54) is 12.1 Å². The Morgan fingerprint density at radius 2 is 1.78 bits per heavy atom. The molecule has 1 fully saturated rings. The molecule has 0 bridgehead atoms. The Labute approximate surface area is 205 Å². The van der Waals surface area contributed by atoms with Crippen LogP contribution in [0.25, 0.3) is 22.3 Å². The minimum absolute atomic E-state index is 0.0484. The average Bonchev–Trinajstić information content (AvgIpc) is 3.32. The zero-order valence-electron chi connectivity index (χ0n) is 19.8. The number of benzene rings is 2. The highest BCUT2D eigenvalue weighted by atomic mass is 19.4. The predicted octanol–water partition coefficient (Wildman–Crippen LogP) is 4.88. The third-order valence-electron chi connectivity index (χ3n) is 6.33. The van der Waals surface area contributed by atoms with E-state index in [2.05, 4.69) is 20.0 Å². The van der Waals surface area contributed by atoms with Gasteiger partial charge in [0.25, 0.3) is 5.91 Å². The number of carbonyl (C=O) groups is 1. The van der Waals surface area contributed by atoms with Gasteiger partial charge in [-0.05, 0) is 44.2 Å². The molecular weight excluding hydrogens is 471 g/mol. The number of fused-ring (bicyclic) bond motifs is 1. The summed E-state index contributed by atoms with van der Waals surface area (Å²) < 4.78 is 44.3. The third-order valence-corrected chi connectivity index (χ3v) is 6.33. The molecule has 1 saturated heterocycles. The summed E-state index contributed by atoms with van der Waals surface area (Å²) in [4.78, 5) is 26.0. The highest BCUT2D eigenvalue weighted by Gasteiger charge is 2.31. The minimum atomic E-state index is -4.44. The summed E-state index contributed by atoms with van der Waals surface area (Å²) in [6.07, 6.45) is -4.44. The Bertz CT molecular complexity index is 1420. The molecular formula is C26H24F3N5O2. The van der Waals surface area contributed by atoms with E-state index in [-0.39, 0.29) is 17.3 Å². The summed E-state index contributed by atoms with van der Waals surface area (Å²) in [6, 6.07) is 12.7. The number of carbonyl (C=O) groups excluding carboxylic acids is 1. The molecule has 0 aliphatic carbocycles. The van der Waals surface area contributed by atoms with E-state index in [0.29, 0.717) is 49.9 Å². The van der Waals surface area contributed by atoms with Crippen LogP contribution >= 0.6 is 0 Å². The van der Waals surface area contributed by atoms with Crippen molar-refractivity contribution in [2.24, 2.45) is 0 Å². The van der Waals surface area contributed by atoms with E-state index in [1.807, 2.05) is 43.0 Å². The standard InChI is InChI=1S/C26H24F3N5O2/c1-16-6-7-22-19(12-16)14-21(17(2)30-22)25(35)34-10-8-33(9-11-34)15-23-31-24(32-36-23)18-4-3-5-20(13-18)26(27,28)29/h3-7,12-14H,8-11,15H2,1-2H3. The van der Waals surface area contributed by atoms with Crippen LogP contribution in [0, 0.1) is 13.8 Å². The number of hydrogen-bond donors (Lipinski definition) is 0. The topological polar surface area (TPSA) is 75.4 Å². The van der Waals surface area contributed by atoms with Gasteiger partial charge in [0, 0.05) is 37.1 Å². The van der Waals surface area contributed by atoms with Gasteiger partial charge in [-0.2, -0.15) is 18.2 Å². The number of alkyl halides is 3. The molecule has 0 radical (unpaired) electrons. The monoisotopic (exact) mass is 495 g/mol. The number of hydrogen-bond acceptors (Lipinski definition) is 6. The number of nitrogens with zero attached hydrogens (tertiary/aromatic N) is 5. The summed E-state index contributed by atoms with van der Waals surface area (Å²) in [7, 11) is 0. The number of aryl methyl sites for hydroxylation is 2. The van der Waals surface area contributed by atoms with Crippen LogP contribution in [0.5, 0.6) is 0 Å². The van der Waals surface area contributed by atoms with Crippen LogP contribution < -0.4 is 0 Å². The third kappa shape index (κ3) is 4.94. The van der Waals surface area contributed by atoms with E-state index in [1.54, 1.807) is 0 Å². The highest BCUT2D eigenvalue weighted by molar-refractivity contribution is 5.98. The van der Waals surface area contributed by atoms with Gasteiger partial charge >= 0.3 is 6.18 Å². The summed E-state index contributed by atoms with van der Waals surface area (Å²) >= 11 is 0. The van der Waals surface area contributed by atoms with Crippen LogP contribution in [-0.2, 0) is 12.7 Å². The van der Waals surface area contributed by atoms with Crippen LogP contribution in [0.2, 0.25) is 0 Å². The second-order valence-corrected chi connectivity index (χ2v) is 8.98. The van der Waals surface area contributed by atoms with Crippen molar-refractivity contribution in [3.8, 4) is 11.4 Å². The molecule has 186 valence electrons. The molecule has 2 aromatic heterocycles. The van der Waals surface area contributed by atoms with Crippen LogP contribution in [0.4, 0.5) is 13.2 Å². The fraction of sp³-hybridized carbons (Fsp3) is 0.308. The van der Waals surface area contributed by atoms with Crippen molar-refractivity contribution in [1.82, 2.24) is 24.9 Å². The summed E-state index contributed by atoms with van der Waals surface area (Å²) in [5, 5.41) is 4.79. The van der Waals surface area contributed by atoms with E-state index < -0.39 is 11.7 Å². The molecule has 0 N–H and O–H groups in total. The van der Waals surface area contributed by atoms with Crippen LogP contribution in [0.3, 0.4) is 0 Å². The van der Waals surface area contributed by atoms with Gasteiger partial charge in [0.15, 0.2) is 0 Å². The number of halogens is 3. The first-order valence-electron chi connectivity index (χ1n) is 11.6. The lowest BCUT2D eigenvalue weighted by atomic mass is 10.1. The zero-order valence-corrected chi connectivity index (χ0v) is 19.8. The lowest BCUT2D eigenvalue weighted by molar-refractivity contribution is -0.137. The van der Waals surface area contributed by atoms with Crippen molar-refractivity contribution in [3.63, 3.8) is 0 Å². The summed E-state index contributed by atoms with van der Waals surface area (Å²) in [5.74, 6) is 0.374. The molecule has 10 heteroatoms. The molecule has 4 aromatic rings. The fourth-order valence-electron chi connectivity index (χ4n) is 4.35. The van der Waals surface area contributed by atoms with E-state index in [0.717, 1.165) is 28.6 Å². The Kier molecular flexibility index (Phi) is 6.21. The molecule has 2 aromatic carbocycles. The first-order valence-corrected chi connectivity index (χ1v) is 11.6. The normalized spacial score (nSPS) is 15.0. The smallest absolute Gasteiger partial charge is 0.338 e. The largest absolute Gasteiger partial charge is 0.416 e. The maximum absolute atomic E-state index is 13.2. The van der Waals surface area contributed by atoms with Gasteiger partial charge in [0.05, 0.1) is 28.9 Å². The molecule has 0 atom stereocenters. The zero-order chi connectivity index (χ0) is 25.4. The van der Waals surface area contributed by atoms with Gasteiger partial charge < -0.3 is 9.42 Å². The second-order valence-electron chi connectivity index (χ2n) is 8.98. The fourth-order valence-corrected chi connectivity index (χ4v) is 4.35. The van der Waals surface area contributed by atoms with Gasteiger partial charge in [-0.25, -0.2) is 0 Å². The van der Waals surface area contributed by atoms with Gasteiger partial charge in [-0.1, -0.05) is 28.9 Å². The van der Waals surface area contributed by atoms with Gasteiger partial charge in [-0.15, -0.1) is 0 Å². The second kappa shape index (κ2) is 9.34. The van der Waals surface area contributed by atoms with Crippen LogP contribution in [0.15, 0.2) is 53.1 Å². The molecule has 0 spiro atoms. The van der Waals surface area contributed by atoms with Crippen molar-refractivity contribution >= 4 is 16.8 Å². The van der Waals surface area contributed by atoms with Crippen LogP contribution in [0.1, 0.15) is 33.1 Å². The lowest BCUT2D eigenvalue weighted by Crippen LogP contribution is -2.48. The van der Waals surface area contributed by atoms with Crippen molar-refractivity contribution in [1.29, 1.82) is 0 Å². The molecule has 0 saturated carbocycles. The molecule has 36 heavy (non-hydrogen) atoms. The Morgan fingerprint density at radius 1 is 1.00 bits per heavy atom. The molecule has 5 rings (SSSR count). The summed E-state index contributed by atoms with van der Waals surface area (Å²) in [5.41, 5.74) is 2.75. The van der Waals surface area contributed by atoms with E-state index in [9.17, 15) is 18.0 Å². The van der Waals surface area contributed by atoms with Gasteiger partial charge in [-0.3, -0.25) is 14.7 Å². The predicted molar refractivity (Wildman–Crippen MR) is 127 cm³/mol. The highest BCUT2D eigenvalue weighted by Crippen LogP contribution is 2.31. The number of piperazine rings is 1. The molecule has 0 unspecified atom stereocenters. The average molecular weight is 496 g/mol. The minimum Gasteiger partial charge on any atom is -0.338 e. The number of pyridine rings is 1.